The van der Waals surface area contributed by atoms with Crippen LogP contribution in [0.1, 0.15) is 96.2 Å². The first-order valence-corrected chi connectivity index (χ1v) is 16.3. The number of pyridine rings is 1. The first kappa shape index (κ1) is 31.7. The summed E-state index contributed by atoms with van der Waals surface area (Å²) in [5.74, 6) is 2.53. The van der Waals surface area contributed by atoms with E-state index in [1.165, 1.54) is 25.7 Å². The molecule has 0 saturated heterocycles. The third-order valence-electron chi connectivity index (χ3n) is 8.78. The number of rotatable bonds is 14. The minimum absolute atomic E-state index is 0.0343. The molecule has 1 fully saturated rings. The standard InChI is InChI=1S/C33H51N7O2/c1-2-3-15-28-39-31-32(26-13-7-8-14-27(26)38-33(31)35)40(28)21-10-9-20-36-29(41)18-19-30(42)37-23-25-12-6-4-5-11-24(22-34)16-17-25/h7-8,13-14,24-25H,2-6,9-12,15-23,34H2,1H3,(H2,35,38)(H,36,41)(H,37,42). The molecule has 3 aromatic rings. The van der Waals surface area contributed by atoms with Crippen molar-refractivity contribution in [1.29, 1.82) is 0 Å². The molecule has 1 saturated carbocycles. The van der Waals surface area contributed by atoms with E-state index in [2.05, 4.69) is 33.2 Å². The topological polar surface area (TPSA) is 141 Å². The highest BCUT2D eigenvalue weighted by Crippen LogP contribution is 2.30. The number of imidazole rings is 1. The fourth-order valence-corrected chi connectivity index (χ4v) is 6.20. The maximum absolute atomic E-state index is 12.4. The molecule has 1 aliphatic carbocycles. The van der Waals surface area contributed by atoms with Crippen molar-refractivity contribution in [1.82, 2.24) is 25.2 Å². The molecule has 2 aromatic heterocycles. The van der Waals surface area contributed by atoms with Crippen molar-refractivity contribution < 1.29 is 9.59 Å². The van der Waals surface area contributed by atoms with Gasteiger partial charge in [0.15, 0.2) is 5.82 Å². The molecule has 0 spiro atoms. The van der Waals surface area contributed by atoms with Gasteiger partial charge in [-0.2, -0.15) is 0 Å². The van der Waals surface area contributed by atoms with Crippen molar-refractivity contribution in [2.45, 2.75) is 103 Å². The monoisotopic (exact) mass is 577 g/mol. The highest BCUT2D eigenvalue weighted by molar-refractivity contribution is 6.06. The van der Waals surface area contributed by atoms with Crippen LogP contribution in [0.25, 0.3) is 21.9 Å². The molecule has 230 valence electrons. The number of aromatic nitrogens is 3. The summed E-state index contributed by atoms with van der Waals surface area (Å²) in [5, 5.41) is 7.14. The Morgan fingerprint density at radius 2 is 1.67 bits per heavy atom. The number of amides is 2. The van der Waals surface area contributed by atoms with Crippen LogP contribution < -0.4 is 22.1 Å². The number of unbranched alkanes of at least 4 members (excludes halogenated alkanes) is 2. The third kappa shape index (κ3) is 8.90. The average Bonchev–Trinajstić information content (AvgIpc) is 3.41. The summed E-state index contributed by atoms with van der Waals surface area (Å²) in [5.41, 5.74) is 14.9. The van der Waals surface area contributed by atoms with Gasteiger partial charge in [-0.25, -0.2) is 9.97 Å². The van der Waals surface area contributed by atoms with Gasteiger partial charge in [0, 0.05) is 44.3 Å². The molecule has 1 aromatic carbocycles. The van der Waals surface area contributed by atoms with Gasteiger partial charge in [-0.3, -0.25) is 9.59 Å². The Morgan fingerprint density at radius 1 is 0.929 bits per heavy atom. The van der Waals surface area contributed by atoms with Gasteiger partial charge in [0.25, 0.3) is 0 Å². The predicted molar refractivity (Wildman–Crippen MR) is 171 cm³/mol. The summed E-state index contributed by atoms with van der Waals surface area (Å²) in [6.45, 7) is 5.04. The molecule has 4 rings (SSSR count). The average molecular weight is 578 g/mol. The van der Waals surface area contributed by atoms with Crippen molar-refractivity contribution in [2.24, 2.45) is 17.6 Å². The van der Waals surface area contributed by atoms with Gasteiger partial charge >= 0.3 is 0 Å². The second-order valence-corrected chi connectivity index (χ2v) is 12.0. The number of fused-ring (bicyclic) bond motifs is 3. The van der Waals surface area contributed by atoms with E-state index in [0.717, 1.165) is 92.2 Å². The predicted octanol–water partition coefficient (Wildman–Crippen LogP) is 5.24. The van der Waals surface area contributed by atoms with Crippen LogP contribution in [0.4, 0.5) is 5.82 Å². The lowest BCUT2D eigenvalue weighted by Gasteiger charge is -2.19. The number of hydrogen-bond acceptors (Lipinski definition) is 6. The lowest BCUT2D eigenvalue weighted by molar-refractivity contribution is -0.126. The molecular formula is C33H51N7O2. The number of carbonyl (C=O) groups is 2. The number of carbonyl (C=O) groups excluding carboxylic acids is 2. The Balaban J connectivity index is 1.20. The van der Waals surface area contributed by atoms with Gasteiger partial charge in [-0.05, 0) is 69.4 Å². The van der Waals surface area contributed by atoms with Crippen molar-refractivity contribution in [3.05, 3.63) is 30.1 Å². The SMILES string of the molecule is CCCCc1nc2c(N)nc3ccccc3c2n1CCCCNC(=O)CCC(=O)NCC1CCCCCC(CN)CC1. The number of nitrogen functional groups attached to an aromatic ring is 1. The second kappa shape index (κ2) is 16.4. The summed E-state index contributed by atoms with van der Waals surface area (Å²) in [6.07, 6.45) is 13.6. The number of aryl methyl sites for hydroxylation is 2. The Bertz CT molecular complexity index is 1300. The van der Waals surface area contributed by atoms with Crippen LogP contribution in [0, 0.1) is 11.8 Å². The van der Waals surface area contributed by atoms with Gasteiger partial charge in [-0.1, -0.05) is 50.8 Å². The number of hydrogen-bond donors (Lipinski definition) is 4. The summed E-state index contributed by atoms with van der Waals surface area (Å²) >= 11 is 0. The summed E-state index contributed by atoms with van der Waals surface area (Å²) < 4.78 is 2.30. The Hall–Kier alpha value is -3.20. The molecule has 42 heavy (non-hydrogen) atoms. The van der Waals surface area contributed by atoms with E-state index in [-0.39, 0.29) is 24.7 Å². The van der Waals surface area contributed by atoms with E-state index in [0.29, 0.717) is 30.7 Å². The van der Waals surface area contributed by atoms with Crippen LogP contribution in [0.15, 0.2) is 24.3 Å². The van der Waals surface area contributed by atoms with Crippen LogP contribution in [0.3, 0.4) is 0 Å². The first-order chi connectivity index (χ1) is 20.5. The molecule has 6 N–H and O–H groups in total. The highest BCUT2D eigenvalue weighted by atomic mass is 16.2. The number of anilines is 1. The zero-order valence-electron chi connectivity index (χ0n) is 25.5. The van der Waals surface area contributed by atoms with Crippen LogP contribution in [0.5, 0.6) is 0 Å². The summed E-state index contributed by atoms with van der Waals surface area (Å²) in [7, 11) is 0. The van der Waals surface area contributed by atoms with Gasteiger partial charge in [-0.15, -0.1) is 0 Å². The Kier molecular flexibility index (Phi) is 12.4. The molecule has 2 heterocycles. The van der Waals surface area contributed by atoms with Crippen LogP contribution in [-0.4, -0.2) is 46.0 Å². The van der Waals surface area contributed by atoms with E-state index >= 15 is 0 Å². The molecule has 1 aliphatic rings. The summed E-state index contributed by atoms with van der Waals surface area (Å²) in [6, 6.07) is 8.07. The zero-order chi connectivity index (χ0) is 29.7. The third-order valence-corrected chi connectivity index (χ3v) is 8.78. The number of nitrogens with one attached hydrogen (secondary N) is 2. The van der Waals surface area contributed by atoms with E-state index in [1.807, 2.05) is 18.2 Å². The molecule has 0 aliphatic heterocycles. The quantitative estimate of drug-likeness (QED) is 0.193. The number of benzene rings is 1. The van der Waals surface area contributed by atoms with Crippen LogP contribution >= 0.6 is 0 Å². The highest BCUT2D eigenvalue weighted by Gasteiger charge is 2.18. The molecule has 0 radical (unpaired) electrons. The van der Waals surface area contributed by atoms with Gasteiger partial charge in [0.1, 0.15) is 11.3 Å². The van der Waals surface area contributed by atoms with Crippen LogP contribution in [0.2, 0.25) is 0 Å². The molecule has 0 bridgehead atoms. The summed E-state index contributed by atoms with van der Waals surface area (Å²) in [4.78, 5) is 34.3. The van der Waals surface area contributed by atoms with E-state index in [1.54, 1.807) is 0 Å². The molecule has 2 unspecified atom stereocenters. The minimum Gasteiger partial charge on any atom is -0.382 e. The largest absolute Gasteiger partial charge is 0.382 e. The van der Waals surface area contributed by atoms with E-state index in [4.69, 9.17) is 16.5 Å². The molecule has 2 amide bonds. The Morgan fingerprint density at radius 3 is 2.45 bits per heavy atom. The normalized spacial score (nSPS) is 18.0. The fourth-order valence-electron chi connectivity index (χ4n) is 6.20. The fraction of sp³-hybridized carbons (Fsp3) is 0.636. The van der Waals surface area contributed by atoms with Crippen molar-refractivity contribution in [3.63, 3.8) is 0 Å². The maximum Gasteiger partial charge on any atom is 0.220 e. The Labute approximate surface area is 250 Å². The number of para-hydroxylation sites is 1. The number of nitrogens with zero attached hydrogens (tertiary/aromatic N) is 3. The van der Waals surface area contributed by atoms with Crippen molar-refractivity contribution in [2.75, 3.05) is 25.4 Å². The first-order valence-electron chi connectivity index (χ1n) is 16.3. The van der Waals surface area contributed by atoms with Crippen LogP contribution in [-0.2, 0) is 22.6 Å². The lowest BCUT2D eigenvalue weighted by Crippen LogP contribution is -2.31. The molecular weight excluding hydrogens is 526 g/mol. The second-order valence-electron chi connectivity index (χ2n) is 12.0. The number of nitrogens with two attached hydrogens (primary N) is 2. The van der Waals surface area contributed by atoms with Crippen molar-refractivity contribution in [3.8, 4) is 0 Å². The molecule has 2 atom stereocenters. The molecule has 9 nitrogen and oxygen atoms in total. The minimum atomic E-state index is -0.0695. The van der Waals surface area contributed by atoms with Gasteiger partial charge in [0.2, 0.25) is 11.8 Å². The molecule has 9 heteroatoms. The lowest BCUT2D eigenvalue weighted by atomic mass is 9.92. The smallest absolute Gasteiger partial charge is 0.220 e. The van der Waals surface area contributed by atoms with E-state index < -0.39 is 0 Å². The van der Waals surface area contributed by atoms with Crippen molar-refractivity contribution >= 4 is 39.6 Å². The van der Waals surface area contributed by atoms with Gasteiger partial charge in [0.05, 0.1) is 11.0 Å². The van der Waals surface area contributed by atoms with Gasteiger partial charge < -0.3 is 26.7 Å². The van der Waals surface area contributed by atoms with E-state index in [9.17, 15) is 9.59 Å². The zero-order valence-corrected chi connectivity index (χ0v) is 25.5. The maximum atomic E-state index is 12.4.